The molecule has 2 aromatic rings. The summed E-state index contributed by atoms with van der Waals surface area (Å²) in [6, 6.07) is 16.6. The first-order valence-electron chi connectivity index (χ1n) is 8.90. The second kappa shape index (κ2) is 7.77. The second-order valence-corrected chi connectivity index (χ2v) is 8.38. The van der Waals surface area contributed by atoms with Gasteiger partial charge in [0.1, 0.15) is 10.9 Å². The smallest absolute Gasteiger partial charge is 0.323 e. The zero-order valence-electron chi connectivity index (χ0n) is 15.0. The summed E-state index contributed by atoms with van der Waals surface area (Å²) in [5, 5.41) is 8.93. The van der Waals surface area contributed by atoms with Crippen LogP contribution in [0, 0.1) is 0 Å². The predicted octanol–water partition coefficient (Wildman–Crippen LogP) is 3.54. The van der Waals surface area contributed by atoms with Crippen LogP contribution in [0.3, 0.4) is 0 Å². The quantitative estimate of drug-likeness (QED) is 0.601. The number of benzene rings is 2. The number of anilines is 1. The molecule has 2 aromatic carbocycles. The number of hydrogen-bond acceptors (Lipinski definition) is 5. The molecular weight excluding hydrogens is 392 g/mol. The van der Waals surface area contributed by atoms with E-state index in [1.165, 1.54) is 16.8 Å². The van der Waals surface area contributed by atoms with Gasteiger partial charge in [0.2, 0.25) is 0 Å². The Bertz CT molecular complexity index is 988. The highest BCUT2D eigenvalue weighted by atomic mass is 32.2. The van der Waals surface area contributed by atoms with Crippen molar-refractivity contribution in [2.75, 3.05) is 18.0 Å². The Morgan fingerprint density at radius 3 is 2.75 bits per heavy atom. The van der Waals surface area contributed by atoms with E-state index in [2.05, 4.69) is 41.3 Å². The van der Waals surface area contributed by atoms with E-state index in [4.69, 9.17) is 17.3 Å². The summed E-state index contributed by atoms with van der Waals surface area (Å²) in [4.78, 5) is 27.3. The minimum Gasteiger partial charge on any atom is -0.480 e. The Hall–Kier alpha value is -2.64. The minimum absolute atomic E-state index is 0.286. The number of hydrogen-bond donors (Lipinski definition) is 1. The van der Waals surface area contributed by atoms with E-state index in [0.717, 1.165) is 41.7 Å². The number of amides is 1. The van der Waals surface area contributed by atoms with Gasteiger partial charge in [0, 0.05) is 18.8 Å². The lowest BCUT2D eigenvalue weighted by atomic mass is 10.1. The summed E-state index contributed by atoms with van der Waals surface area (Å²) in [6.45, 7) is 1.44. The second-order valence-electron chi connectivity index (χ2n) is 6.71. The average molecular weight is 411 g/mol. The monoisotopic (exact) mass is 410 g/mol. The number of carbonyl (C=O) groups excluding carboxylic acids is 1. The average Bonchev–Trinajstić information content (AvgIpc) is 3.18. The molecule has 0 aliphatic carbocycles. The molecule has 4 rings (SSSR count). The van der Waals surface area contributed by atoms with Crippen molar-refractivity contribution in [1.29, 1.82) is 0 Å². The zero-order chi connectivity index (χ0) is 19.7. The van der Waals surface area contributed by atoms with Gasteiger partial charge < -0.3 is 10.0 Å². The first kappa shape index (κ1) is 18.7. The molecule has 0 radical (unpaired) electrons. The molecule has 0 spiro atoms. The molecule has 1 fully saturated rings. The predicted molar refractivity (Wildman–Crippen MR) is 115 cm³/mol. The highest BCUT2D eigenvalue weighted by Crippen LogP contribution is 2.34. The third-order valence-corrected chi connectivity index (χ3v) is 6.15. The minimum atomic E-state index is -1.08. The molecule has 1 amide bonds. The molecule has 0 unspecified atom stereocenters. The standard InChI is InChI=1S/C21H18N2O3S2/c24-19(25)13-23-20(26)18(28-21(23)27)11-15-6-7-17-16(10-15)8-9-22(17)12-14-4-2-1-3-5-14/h1-7,10-11H,8-9,12-13H2,(H,24,25)/b18-11-. The molecule has 28 heavy (non-hydrogen) atoms. The van der Waals surface area contributed by atoms with Crippen LogP contribution in [0.2, 0.25) is 0 Å². The van der Waals surface area contributed by atoms with Gasteiger partial charge in [-0.3, -0.25) is 14.5 Å². The van der Waals surface area contributed by atoms with Crippen LogP contribution in [0.25, 0.3) is 6.08 Å². The van der Waals surface area contributed by atoms with Crippen molar-refractivity contribution in [3.63, 3.8) is 0 Å². The van der Waals surface area contributed by atoms with Crippen LogP contribution in [0.15, 0.2) is 53.4 Å². The number of carbonyl (C=O) groups is 2. The highest BCUT2D eigenvalue weighted by Gasteiger charge is 2.33. The Morgan fingerprint density at radius 2 is 2.00 bits per heavy atom. The van der Waals surface area contributed by atoms with Crippen molar-refractivity contribution in [2.45, 2.75) is 13.0 Å². The molecule has 142 valence electrons. The van der Waals surface area contributed by atoms with Gasteiger partial charge in [0.25, 0.3) is 5.91 Å². The molecule has 2 heterocycles. The van der Waals surface area contributed by atoms with Gasteiger partial charge in [-0.15, -0.1) is 0 Å². The van der Waals surface area contributed by atoms with Crippen LogP contribution in [0.1, 0.15) is 16.7 Å². The van der Waals surface area contributed by atoms with Crippen molar-refractivity contribution < 1.29 is 14.7 Å². The van der Waals surface area contributed by atoms with E-state index in [-0.39, 0.29) is 10.2 Å². The third kappa shape index (κ3) is 3.81. The molecule has 0 bridgehead atoms. The van der Waals surface area contributed by atoms with Gasteiger partial charge >= 0.3 is 5.97 Å². The molecule has 0 saturated carbocycles. The van der Waals surface area contributed by atoms with E-state index in [1.54, 1.807) is 6.08 Å². The fourth-order valence-corrected chi connectivity index (χ4v) is 4.73. The maximum atomic E-state index is 12.4. The number of carboxylic acids is 1. The van der Waals surface area contributed by atoms with Gasteiger partial charge in [-0.1, -0.05) is 60.4 Å². The maximum absolute atomic E-state index is 12.4. The Balaban J connectivity index is 1.52. The van der Waals surface area contributed by atoms with Crippen LogP contribution in [-0.2, 0) is 22.6 Å². The van der Waals surface area contributed by atoms with Gasteiger partial charge in [-0.2, -0.15) is 0 Å². The van der Waals surface area contributed by atoms with Crippen LogP contribution in [0.5, 0.6) is 0 Å². The van der Waals surface area contributed by atoms with E-state index >= 15 is 0 Å². The first-order valence-corrected chi connectivity index (χ1v) is 10.1. The largest absolute Gasteiger partial charge is 0.480 e. The fraction of sp³-hybridized carbons (Fsp3) is 0.190. The van der Waals surface area contributed by atoms with Crippen LogP contribution in [0.4, 0.5) is 5.69 Å². The molecule has 7 heteroatoms. The molecule has 0 aromatic heterocycles. The summed E-state index contributed by atoms with van der Waals surface area (Å²) < 4.78 is 0.286. The topological polar surface area (TPSA) is 60.9 Å². The lowest BCUT2D eigenvalue weighted by Crippen LogP contribution is -2.33. The number of thiocarbonyl (C=S) groups is 1. The van der Waals surface area contributed by atoms with Crippen LogP contribution >= 0.6 is 24.0 Å². The molecular formula is C21H18N2O3S2. The Morgan fingerprint density at radius 1 is 1.21 bits per heavy atom. The molecule has 5 nitrogen and oxygen atoms in total. The summed E-state index contributed by atoms with van der Waals surface area (Å²) in [6.07, 6.45) is 2.76. The van der Waals surface area contributed by atoms with E-state index in [9.17, 15) is 9.59 Å². The lowest BCUT2D eigenvalue weighted by molar-refractivity contribution is -0.140. The van der Waals surface area contributed by atoms with Crippen LogP contribution < -0.4 is 4.90 Å². The van der Waals surface area contributed by atoms with Crippen molar-refractivity contribution in [3.05, 3.63) is 70.1 Å². The number of aliphatic carboxylic acids is 1. The molecule has 2 aliphatic rings. The Labute approximate surface area is 172 Å². The number of rotatable bonds is 5. The third-order valence-electron chi connectivity index (χ3n) is 4.78. The summed E-state index contributed by atoms with van der Waals surface area (Å²) >= 11 is 6.29. The molecule has 2 aliphatic heterocycles. The van der Waals surface area contributed by atoms with Gasteiger partial charge in [0.05, 0.1) is 4.91 Å². The first-order chi connectivity index (χ1) is 13.5. The molecule has 1 saturated heterocycles. The van der Waals surface area contributed by atoms with Gasteiger partial charge in [-0.25, -0.2) is 0 Å². The zero-order valence-corrected chi connectivity index (χ0v) is 16.6. The number of thioether (sulfide) groups is 1. The highest BCUT2D eigenvalue weighted by molar-refractivity contribution is 8.26. The van der Waals surface area contributed by atoms with Crippen molar-refractivity contribution in [1.82, 2.24) is 4.90 Å². The van der Waals surface area contributed by atoms with E-state index in [1.807, 2.05) is 12.1 Å². The molecule has 1 N–H and O–H groups in total. The van der Waals surface area contributed by atoms with Crippen molar-refractivity contribution >= 4 is 51.9 Å². The van der Waals surface area contributed by atoms with Gasteiger partial charge in [-0.05, 0) is 41.3 Å². The number of carboxylic acid groups (broad SMARTS) is 1. The number of fused-ring (bicyclic) bond motifs is 1. The maximum Gasteiger partial charge on any atom is 0.323 e. The normalized spacial score (nSPS) is 17.5. The summed E-state index contributed by atoms with van der Waals surface area (Å²) in [5.41, 5.74) is 4.68. The molecule has 0 atom stereocenters. The fourth-order valence-electron chi connectivity index (χ4n) is 3.47. The number of nitrogens with zero attached hydrogens (tertiary/aromatic N) is 2. The summed E-state index contributed by atoms with van der Waals surface area (Å²) in [5.74, 6) is -1.42. The van der Waals surface area contributed by atoms with E-state index < -0.39 is 12.5 Å². The van der Waals surface area contributed by atoms with Crippen LogP contribution in [-0.4, -0.2) is 39.3 Å². The summed E-state index contributed by atoms with van der Waals surface area (Å²) in [7, 11) is 0. The Kier molecular flexibility index (Phi) is 5.19. The van der Waals surface area contributed by atoms with Crippen molar-refractivity contribution in [3.8, 4) is 0 Å². The van der Waals surface area contributed by atoms with E-state index in [0.29, 0.717) is 4.91 Å². The van der Waals surface area contributed by atoms with Crippen molar-refractivity contribution in [2.24, 2.45) is 0 Å². The van der Waals surface area contributed by atoms with Gasteiger partial charge in [0.15, 0.2) is 0 Å². The lowest BCUT2D eigenvalue weighted by Gasteiger charge is -2.19. The SMILES string of the molecule is O=C(O)CN1C(=O)/C(=C/c2ccc3c(c2)CCN3Cc2ccccc2)SC1=S.